The Bertz CT molecular complexity index is 6370. The Morgan fingerprint density at radius 1 is 0.386 bits per heavy atom. The molecule has 1 fully saturated rings. The number of rotatable bonds is 21. The molecular weight excluding hydrogens is 1470 g/mol. The van der Waals surface area contributed by atoms with Crippen LogP contribution >= 0.6 is 23.2 Å². The topological polar surface area (TPSA) is 278 Å². The molecule has 5 aliphatic rings. The minimum Gasteiger partial charge on any atom is -0.392 e. The van der Waals surface area contributed by atoms with E-state index in [0.29, 0.717) is 101 Å². The van der Waals surface area contributed by atoms with Crippen molar-refractivity contribution in [1.82, 2.24) is 39.9 Å². The Morgan fingerprint density at radius 2 is 0.675 bits per heavy atom. The van der Waals surface area contributed by atoms with Gasteiger partial charge in [-0.15, -0.1) is 0 Å². The van der Waals surface area contributed by atoms with Crippen LogP contribution in [0.25, 0.3) is 26.3 Å². The summed E-state index contributed by atoms with van der Waals surface area (Å²) in [6.07, 6.45) is 12.1. The molecule has 8 aromatic carbocycles. The molecular formula is C90H89Cl2N17O5. The average Bonchev–Trinajstić information content (AvgIpc) is 0.873. The van der Waals surface area contributed by atoms with Crippen molar-refractivity contribution in [3.05, 3.63) is 315 Å². The van der Waals surface area contributed by atoms with E-state index < -0.39 is 0 Å². The number of aryl methyl sites for hydroxylation is 8. The first-order chi connectivity index (χ1) is 55.2. The van der Waals surface area contributed by atoms with Crippen molar-refractivity contribution in [2.45, 2.75) is 117 Å². The van der Waals surface area contributed by atoms with Crippen LogP contribution < -0.4 is 90.5 Å². The number of fused-ring (bicyclic) bond motifs is 8. The summed E-state index contributed by atoms with van der Waals surface area (Å²) < 4.78 is 0. The van der Waals surface area contributed by atoms with E-state index >= 15 is 0 Å². The monoisotopic (exact) mass is 1560 g/mol. The zero-order valence-corrected chi connectivity index (χ0v) is 65.8. The van der Waals surface area contributed by atoms with Crippen LogP contribution in [0.5, 0.6) is 0 Å². The fourth-order valence-corrected chi connectivity index (χ4v) is 14.7. The number of anilines is 9. The molecule has 22 nitrogen and oxygen atoms in total. The van der Waals surface area contributed by atoms with Crippen LogP contribution in [0.4, 0.5) is 74.5 Å². The van der Waals surface area contributed by atoms with E-state index in [1.165, 1.54) is 35.1 Å². The van der Waals surface area contributed by atoms with Crippen molar-refractivity contribution in [2.24, 2.45) is 20.0 Å². The quantitative estimate of drug-likeness (QED) is 0.0365. The molecule has 12 aromatic rings. The van der Waals surface area contributed by atoms with E-state index in [0.717, 1.165) is 151 Å². The molecule has 1 saturated carbocycles. The third-order valence-electron chi connectivity index (χ3n) is 20.5. The second kappa shape index (κ2) is 35.0. The number of aromatic amines is 4. The maximum absolute atomic E-state index is 12.6. The maximum atomic E-state index is 12.6. The van der Waals surface area contributed by atoms with Crippen LogP contribution in [0.15, 0.2) is 209 Å². The van der Waals surface area contributed by atoms with Gasteiger partial charge in [0.05, 0.1) is 52.1 Å². The van der Waals surface area contributed by atoms with E-state index in [-0.39, 0.29) is 28.8 Å². The first-order valence-electron chi connectivity index (χ1n) is 38.4. The van der Waals surface area contributed by atoms with Gasteiger partial charge in [-0.1, -0.05) is 171 Å². The van der Waals surface area contributed by atoms with Crippen LogP contribution in [-0.4, -0.2) is 77.2 Å². The Morgan fingerprint density at radius 3 is 1.00 bits per heavy atom. The second-order valence-corrected chi connectivity index (χ2v) is 29.9. The van der Waals surface area contributed by atoms with Crippen molar-refractivity contribution in [1.29, 1.82) is 0 Å². The summed E-state index contributed by atoms with van der Waals surface area (Å²) in [4.78, 5) is 105. The number of aliphatic hydroxyl groups is 1. The van der Waals surface area contributed by atoms with Crippen LogP contribution in [0.2, 0.25) is 10.0 Å². The van der Waals surface area contributed by atoms with Gasteiger partial charge in [0.1, 0.15) is 21.9 Å². The van der Waals surface area contributed by atoms with E-state index in [4.69, 9.17) is 23.2 Å². The first-order valence-corrected chi connectivity index (χ1v) is 39.2. The highest BCUT2D eigenvalue weighted by atomic mass is 35.5. The van der Waals surface area contributed by atoms with E-state index in [1.54, 1.807) is 0 Å². The van der Waals surface area contributed by atoms with Crippen molar-refractivity contribution in [2.75, 3.05) is 51.1 Å². The van der Waals surface area contributed by atoms with Gasteiger partial charge < -0.3 is 50.0 Å². The SMILES string of the molecule is C=c1nc2c(c(=O)[nH]1)=Nc1cc(C)c(CO)cc1N2CCCc1ccccc1.C=c1nc2c(c(=O)[nH]1)=Nc1cc(C)c(Cl)cc1N2CCCCc1ccccc1.C=c1nc2c(c(=O)[nH]1)=Nc1cc(C)c(Cl)cc1N2CCCc1ccccc1.C=c1nc2c(c(=O)[nH]1)=Nc1cc(C)c(NC3CC3)cc1N2CCCCc1ccccc1. The van der Waals surface area contributed by atoms with Crippen LogP contribution in [0.1, 0.15) is 101 Å². The Kier molecular flexibility index (Phi) is 24.0. The van der Waals surface area contributed by atoms with Gasteiger partial charge >= 0.3 is 0 Å². The number of halogens is 2. The molecule has 0 atom stereocenters. The minimum absolute atomic E-state index is 0.0484. The summed E-state index contributed by atoms with van der Waals surface area (Å²) >= 11 is 12.7. The van der Waals surface area contributed by atoms with E-state index in [9.17, 15) is 24.3 Å². The maximum Gasteiger partial charge on any atom is 0.279 e. The molecule has 17 rings (SSSR count). The van der Waals surface area contributed by atoms with Gasteiger partial charge in [-0.3, -0.25) is 19.2 Å². The number of nitrogens with zero attached hydrogens (tertiary/aromatic N) is 12. The molecule has 4 aliphatic heterocycles. The number of aliphatic hydroxyl groups excluding tert-OH is 1. The number of aromatic nitrogens is 8. The number of nitrogens with one attached hydrogen (secondary N) is 5. The lowest BCUT2D eigenvalue weighted by Gasteiger charge is -2.29. The predicted octanol–water partition coefficient (Wildman–Crippen LogP) is 12.3. The highest BCUT2D eigenvalue weighted by Crippen LogP contribution is 2.43. The Labute approximate surface area is 668 Å². The summed E-state index contributed by atoms with van der Waals surface area (Å²) in [5, 5.41) is 16.0. The standard InChI is InChI=1S/C25H27N5O.C22H21ClN4O.C22H22N4O2.C21H19ClN4O/c1-16-14-21-22(15-20(16)28-19-11-12-19)30(13-7-6-10-18-8-4-3-5-9-18)24-23(29-21)25(31)27-17(2)26-24;1-14-12-18-19(13-17(14)23)27(11-7-6-10-16-8-4-3-5-9-16)21-20(26-18)22(28)25-15(2)24-21;1-14-11-18-19(12-17(14)13-27)26(10-6-9-16-7-4-3-5-8-16)21-20(25-18)22(28)24-15(2)23-21;1-13-11-17-18(12-16(13)22)26(10-6-9-15-7-4-3-5-8-15)20-19(25-17)21(27)24-14(2)23-20/h3-5,8-9,14-15,19,28H,2,6-7,10-13H2,1H3,(H,27,31);3-5,8-9,12-13H,2,6-7,10-11H2,1H3,(H,25,28);3-5,7-8,11-12,27H,2,6,9-10,13H2,1H3,(H,24,28);3-5,7-8,11-12H,2,6,9-10H2,1H3,(H,24,27). The summed E-state index contributed by atoms with van der Waals surface area (Å²) in [6, 6.07) is 57.8. The molecule has 0 amide bonds. The molecule has 6 N–H and O–H groups in total. The normalized spacial score (nSPS) is 12.9. The van der Waals surface area contributed by atoms with Gasteiger partial charge in [-0.05, 0) is 203 Å². The van der Waals surface area contributed by atoms with E-state index in [1.807, 2.05) is 120 Å². The minimum atomic E-state index is -0.294. The van der Waals surface area contributed by atoms with Crippen LogP contribution in [0, 0.1) is 27.7 Å². The summed E-state index contributed by atoms with van der Waals surface area (Å²) in [5.74, 6) is 2.19. The van der Waals surface area contributed by atoms with E-state index in [2.05, 4.69) is 188 Å². The highest BCUT2D eigenvalue weighted by molar-refractivity contribution is 6.32. The Balaban J connectivity index is 0.000000126. The molecule has 1 aliphatic carbocycles. The number of hydrogen-bond acceptors (Lipinski definition) is 18. The number of unbranched alkanes of at least 4 members (excludes halogenated alkanes) is 2. The van der Waals surface area contributed by atoms with Crippen molar-refractivity contribution in [3.63, 3.8) is 0 Å². The second-order valence-electron chi connectivity index (χ2n) is 29.0. The molecule has 0 saturated heterocycles. The lowest BCUT2D eigenvalue weighted by Crippen LogP contribution is -2.42. The molecule has 578 valence electrons. The molecule has 0 radical (unpaired) electrons. The van der Waals surface area contributed by atoms with Gasteiger partial charge in [0, 0.05) is 48.0 Å². The smallest absolute Gasteiger partial charge is 0.279 e. The average molecular weight is 1560 g/mol. The summed E-state index contributed by atoms with van der Waals surface area (Å²) in [6.45, 7) is 25.9. The lowest BCUT2D eigenvalue weighted by atomic mass is 10.0. The number of benzene rings is 8. The fourth-order valence-electron chi connectivity index (χ4n) is 14.4. The summed E-state index contributed by atoms with van der Waals surface area (Å²) in [5.41, 5.74) is 17.9. The lowest BCUT2D eigenvalue weighted by molar-refractivity contribution is 0.281. The van der Waals surface area contributed by atoms with Gasteiger partial charge in [-0.25, -0.2) is 39.9 Å². The Hall–Kier alpha value is -12.5. The molecule has 0 bridgehead atoms. The number of H-pyrrole nitrogens is 4. The predicted molar refractivity (Wildman–Crippen MR) is 457 cm³/mol. The molecule has 114 heavy (non-hydrogen) atoms. The third-order valence-corrected chi connectivity index (χ3v) is 21.3. The van der Waals surface area contributed by atoms with Gasteiger partial charge in [0.25, 0.3) is 22.2 Å². The largest absolute Gasteiger partial charge is 0.392 e. The van der Waals surface area contributed by atoms with Gasteiger partial charge in [0.2, 0.25) is 0 Å². The molecule has 4 aromatic heterocycles. The van der Waals surface area contributed by atoms with Gasteiger partial charge in [0.15, 0.2) is 44.7 Å². The molecule has 0 spiro atoms. The highest BCUT2D eigenvalue weighted by Gasteiger charge is 2.30. The van der Waals surface area contributed by atoms with Crippen molar-refractivity contribution in [3.8, 4) is 0 Å². The number of hydrogen-bond donors (Lipinski definition) is 6. The fraction of sp³-hybridized carbons (Fsp3) is 0.244. The van der Waals surface area contributed by atoms with Crippen LogP contribution in [-0.2, 0) is 32.3 Å². The van der Waals surface area contributed by atoms with Crippen molar-refractivity contribution < 1.29 is 5.11 Å². The van der Waals surface area contributed by atoms with Crippen molar-refractivity contribution >= 4 is 124 Å². The zero-order valence-electron chi connectivity index (χ0n) is 64.3. The summed E-state index contributed by atoms with van der Waals surface area (Å²) in [7, 11) is 0. The van der Waals surface area contributed by atoms with Crippen LogP contribution in [0.3, 0.4) is 0 Å². The zero-order chi connectivity index (χ0) is 79.7. The molecule has 8 heterocycles. The molecule has 24 heteroatoms. The van der Waals surface area contributed by atoms with Gasteiger partial charge in [-0.2, -0.15) is 0 Å². The third kappa shape index (κ3) is 18.2. The first kappa shape index (κ1) is 78.2. The molecule has 0 unspecified atom stereocenters.